The molecular weight excluding hydrogens is 470 g/mol. The van der Waals surface area contributed by atoms with Crippen molar-refractivity contribution < 1.29 is 23.0 Å². The van der Waals surface area contributed by atoms with E-state index in [1.54, 1.807) is 6.07 Å². The summed E-state index contributed by atoms with van der Waals surface area (Å²) < 4.78 is 36.4. The molecule has 0 aliphatic carbocycles. The summed E-state index contributed by atoms with van der Waals surface area (Å²) in [4.78, 5) is 19.7. The van der Waals surface area contributed by atoms with Crippen LogP contribution in [0.3, 0.4) is 0 Å². The van der Waals surface area contributed by atoms with Crippen molar-refractivity contribution in [3.05, 3.63) is 35.7 Å². The Labute approximate surface area is 204 Å². The van der Waals surface area contributed by atoms with Gasteiger partial charge in [-0.3, -0.25) is 0 Å². The summed E-state index contributed by atoms with van der Waals surface area (Å²) in [5, 5.41) is 9.47. The number of morpholine rings is 1. The Balaban J connectivity index is 1.69. The molecule has 3 aromatic rings. The topological polar surface area (TPSA) is 131 Å². The predicted octanol–water partition coefficient (Wildman–Crippen LogP) is 2.18. The van der Waals surface area contributed by atoms with Crippen LogP contribution in [0.4, 0.5) is 5.82 Å². The van der Waals surface area contributed by atoms with E-state index in [2.05, 4.69) is 16.8 Å². The highest BCUT2D eigenvalue weighted by atomic mass is 32.2. The lowest BCUT2D eigenvalue weighted by Crippen LogP contribution is -2.46. The molecule has 0 unspecified atom stereocenters. The summed E-state index contributed by atoms with van der Waals surface area (Å²) in [6.45, 7) is 4.53. The Kier molecular flexibility index (Phi) is 6.51. The largest absolute Gasteiger partial charge is 0.390 e. The molecule has 0 amide bonds. The van der Waals surface area contributed by atoms with Gasteiger partial charge in [-0.25, -0.2) is 23.4 Å². The minimum Gasteiger partial charge on any atom is -0.390 e. The molecule has 3 aromatic heterocycles. The summed E-state index contributed by atoms with van der Waals surface area (Å²) in [6.07, 6.45) is 2.83. The Hall–Kier alpha value is -2.60. The van der Waals surface area contributed by atoms with Crippen LogP contribution in [0.2, 0.25) is 0 Å². The fraction of sp³-hybridized carbons (Fsp3) is 0.542. The molecule has 2 N–H and O–H groups in total. The van der Waals surface area contributed by atoms with Gasteiger partial charge in [0, 0.05) is 37.8 Å². The maximum absolute atomic E-state index is 13.2. The summed E-state index contributed by atoms with van der Waals surface area (Å²) in [6, 6.07) is 7.45. The average Bonchev–Trinajstić information content (AvgIpc) is 3.31. The van der Waals surface area contributed by atoms with E-state index in [9.17, 15) is 13.5 Å². The van der Waals surface area contributed by atoms with Crippen molar-refractivity contribution in [2.75, 3.05) is 44.1 Å². The minimum atomic E-state index is -3.51. The number of nitrogens with one attached hydrogen (secondary N) is 1. The number of ether oxygens (including phenoxy) is 2. The molecule has 1 atom stereocenters. The second-order valence-corrected chi connectivity index (χ2v) is 11.6. The van der Waals surface area contributed by atoms with Gasteiger partial charge in [-0.2, -0.15) is 0 Å². The molecule has 11 heteroatoms. The average molecular weight is 502 g/mol. The number of pyridine rings is 1. The Bertz CT molecular complexity index is 1320. The lowest BCUT2D eigenvalue weighted by Gasteiger charge is -2.38. The van der Waals surface area contributed by atoms with Gasteiger partial charge in [-0.05, 0) is 37.5 Å². The first-order chi connectivity index (χ1) is 16.8. The number of hydrogen-bond acceptors (Lipinski definition) is 9. The molecule has 0 spiro atoms. The normalized spacial score (nSPS) is 20.9. The second kappa shape index (κ2) is 9.45. The fourth-order valence-corrected chi connectivity index (χ4v) is 6.41. The van der Waals surface area contributed by atoms with Crippen LogP contribution in [-0.4, -0.2) is 78.7 Å². The number of aliphatic hydroxyl groups is 1. The number of nitrogens with zero attached hydrogens (tertiary/aromatic N) is 4. The van der Waals surface area contributed by atoms with Crippen molar-refractivity contribution in [3.63, 3.8) is 0 Å². The third-order valence-electron chi connectivity index (χ3n) is 7.11. The first-order valence-corrected chi connectivity index (χ1v) is 13.8. The molecule has 0 bridgehead atoms. The summed E-state index contributed by atoms with van der Waals surface area (Å²) in [7, 11) is -3.51. The molecule has 2 saturated heterocycles. The van der Waals surface area contributed by atoms with E-state index in [4.69, 9.17) is 24.4 Å². The number of aromatic amines is 1. The van der Waals surface area contributed by atoms with Gasteiger partial charge in [0.15, 0.2) is 15.7 Å². The van der Waals surface area contributed by atoms with Crippen LogP contribution in [0, 0.1) is 0 Å². The van der Waals surface area contributed by atoms with Crippen LogP contribution in [0.5, 0.6) is 0 Å². The number of anilines is 1. The highest BCUT2D eigenvalue weighted by molar-refractivity contribution is 7.91. The summed E-state index contributed by atoms with van der Waals surface area (Å²) >= 11 is 0. The first-order valence-electron chi connectivity index (χ1n) is 12.0. The SMILES string of the molecule is CC[C@H]1COCCN1c1cc(C2(S(C)(=O)=O)CCOCC2)nc(-c2ccc3[nH]c(CO)cc3n2)n1. The molecule has 10 nitrogen and oxygen atoms in total. The smallest absolute Gasteiger partial charge is 0.180 e. The fourth-order valence-electron chi connectivity index (χ4n) is 5.02. The molecular formula is C24H31N5O5S. The number of sulfone groups is 1. The van der Waals surface area contributed by atoms with E-state index in [0.29, 0.717) is 80.1 Å². The minimum absolute atomic E-state index is 0.115. The van der Waals surface area contributed by atoms with E-state index in [0.717, 1.165) is 11.9 Å². The maximum atomic E-state index is 13.2. The molecule has 0 radical (unpaired) electrons. The highest BCUT2D eigenvalue weighted by Crippen LogP contribution is 2.40. The van der Waals surface area contributed by atoms with Crippen LogP contribution < -0.4 is 4.90 Å². The van der Waals surface area contributed by atoms with Gasteiger partial charge in [0.1, 0.15) is 16.3 Å². The van der Waals surface area contributed by atoms with Gasteiger partial charge in [0.05, 0.1) is 42.6 Å². The van der Waals surface area contributed by atoms with Crippen LogP contribution in [0.25, 0.3) is 22.6 Å². The lowest BCUT2D eigenvalue weighted by atomic mass is 9.94. The van der Waals surface area contributed by atoms with Gasteiger partial charge in [0.25, 0.3) is 0 Å². The molecule has 5 rings (SSSR count). The molecule has 0 saturated carbocycles. The number of hydrogen-bond donors (Lipinski definition) is 2. The third-order valence-corrected chi connectivity index (χ3v) is 9.15. The zero-order valence-corrected chi connectivity index (χ0v) is 20.8. The maximum Gasteiger partial charge on any atom is 0.180 e. The van der Waals surface area contributed by atoms with Crippen molar-refractivity contribution >= 4 is 26.7 Å². The van der Waals surface area contributed by atoms with Crippen LogP contribution in [-0.2, 0) is 30.7 Å². The van der Waals surface area contributed by atoms with Crippen LogP contribution in [0.1, 0.15) is 37.6 Å². The van der Waals surface area contributed by atoms with Crippen molar-refractivity contribution in [1.29, 1.82) is 0 Å². The number of aliphatic hydroxyl groups excluding tert-OH is 1. The highest BCUT2D eigenvalue weighted by Gasteiger charge is 2.46. The lowest BCUT2D eigenvalue weighted by molar-refractivity contribution is 0.0731. The van der Waals surface area contributed by atoms with E-state index in [1.807, 2.05) is 18.2 Å². The monoisotopic (exact) mass is 501 g/mol. The standard InChI is InChI=1S/C24H31N5O5S/c1-3-17-15-34-11-8-29(17)22-13-21(24(35(2,31)32)6-9-33-10-7-24)27-23(28-22)19-5-4-18-20(26-19)12-16(14-30)25-18/h4-5,12-13,17,25,30H,3,6-11,14-15H2,1-2H3/t17-/m0/s1. The van der Waals surface area contributed by atoms with E-state index < -0.39 is 14.6 Å². The molecule has 35 heavy (non-hydrogen) atoms. The summed E-state index contributed by atoms with van der Waals surface area (Å²) in [5.41, 5.74) is 3.17. The van der Waals surface area contributed by atoms with E-state index in [1.165, 1.54) is 6.26 Å². The zero-order valence-electron chi connectivity index (χ0n) is 20.0. The van der Waals surface area contributed by atoms with Gasteiger partial charge in [-0.1, -0.05) is 6.92 Å². The number of aromatic nitrogens is 4. The third kappa shape index (κ3) is 4.42. The Morgan fingerprint density at radius 2 is 1.94 bits per heavy atom. The van der Waals surface area contributed by atoms with E-state index >= 15 is 0 Å². The molecule has 2 aliphatic rings. The number of rotatable bonds is 6. The van der Waals surface area contributed by atoms with E-state index in [-0.39, 0.29) is 12.6 Å². The Morgan fingerprint density at radius 3 is 2.66 bits per heavy atom. The van der Waals surface area contributed by atoms with Gasteiger partial charge in [0.2, 0.25) is 0 Å². The van der Waals surface area contributed by atoms with Gasteiger partial charge in [-0.15, -0.1) is 0 Å². The molecule has 5 heterocycles. The predicted molar refractivity (Wildman–Crippen MR) is 132 cm³/mol. The molecule has 0 aromatic carbocycles. The molecule has 188 valence electrons. The number of fused-ring (bicyclic) bond motifs is 1. The second-order valence-electron chi connectivity index (χ2n) is 9.23. The first kappa shape index (κ1) is 24.1. The zero-order chi connectivity index (χ0) is 24.6. The summed E-state index contributed by atoms with van der Waals surface area (Å²) in [5.74, 6) is 1.06. The van der Waals surface area contributed by atoms with Crippen molar-refractivity contribution in [1.82, 2.24) is 19.9 Å². The van der Waals surface area contributed by atoms with Gasteiger partial charge >= 0.3 is 0 Å². The van der Waals surface area contributed by atoms with Gasteiger partial charge < -0.3 is 24.5 Å². The van der Waals surface area contributed by atoms with Crippen molar-refractivity contribution in [3.8, 4) is 11.5 Å². The molecule has 2 fully saturated rings. The van der Waals surface area contributed by atoms with Crippen LogP contribution in [0.15, 0.2) is 24.3 Å². The Morgan fingerprint density at radius 1 is 1.14 bits per heavy atom. The molecule has 2 aliphatic heterocycles. The number of H-pyrrole nitrogens is 1. The van der Waals surface area contributed by atoms with Crippen molar-refractivity contribution in [2.45, 2.75) is 43.6 Å². The van der Waals surface area contributed by atoms with Crippen LogP contribution >= 0.6 is 0 Å². The quantitative estimate of drug-likeness (QED) is 0.522. The van der Waals surface area contributed by atoms with Crippen molar-refractivity contribution in [2.24, 2.45) is 0 Å².